The first-order chi connectivity index (χ1) is 9.44. The molecule has 3 nitrogen and oxygen atoms in total. The van der Waals surface area contributed by atoms with Crippen LogP contribution in [-0.2, 0) is 9.53 Å². The molecule has 1 aliphatic heterocycles. The van der Waals surface area contributed by atoms with Crippen LogP contribution in [0.1, 0.15) is 46.5 Å². The number of ether oxygens (including phenoxy) is 1. The summed E-state index contributed by atoms with van der Waals surface area (Å²) in [6.45, 7) is 8.28. The molecule has 0 bridgehead atoms. The van der Waals surface area contributed by atoms with Crippen LogP contribution in [0.5, 0.6) is 0 Å². The minimum absolute atomic E-state index is 0.117. The average molecular weight is 277 g/mol. The quantitative estimate of drug-likeness (QED) is 0.741. The van der Waals surface area contributed by atoms with Crippen molar-refractivity contribution in [1.29, 1.82) is 0 Å². The fraction of sp³-hybridized carbons (Fsp3) is 0.706. The zero-order valence-corrected chi connectivity index (χ0v) is 13.2. The molecule has 3 heteroatoms. The number of likely N-dealkylation sites (tertiary alicyclic amines) is 1. The van der Waals surface area contributed by atoms with Crippen molar-refractivity contribution in [1.82, 2.24) is 4.90 Å². The van der Waals surface area contributed by atoms with Crippen LogP contribution < -0.4 is 0 Å². The highest BCUT2D eigenvalue weighted by Gasteiger charge is 2.28. The van der Waals surface area contributed by atoms with Crippen LogP contribution in [0.3, 0.4) is 0 Å². The minimum Gasteiger partial charge on any atom is -0.380 e. The van der Waals surface area contributed by atoms with Crippen LogP contribution in [0.2, 0.25) is 0 Å². The Kier molecular flexibility index (Phi) is 4.69. The molecule has 0 spiro atoms. The molecule has 2 rings (SSSR count). The van der Waals surface area contributed by atoms with Crippen molar-refractivity contribution in [3.63, 3.8) is 0 Å². The van der Waals surface area contributed by atoms with E-state index in [1.165, 1.54) is 24.0 Å². The second-order valence-corrected chi connectivity index (χ2v) is 6.70. The fourth-order valence-corrected chi connectivity index (χ4v) is 3.39. The fourth-order valence-electron chi connectivity index (χ4n) is 3.39. The number of rotatable bonds is 3. The van der Waals surface area contributed by atoms with E-state index in [-0.39, 0.29) is 17.4 Å². The minimum atomic E-state index is 0.117. The number of carbonyl (C=O) groups is 1. The van der Waals surface area contributed by atoms with Crippen LogP contribution >= 0.6 is 0 Å². The number of hydrogen-bond acceptors (Lipinski definition) is 2. The zero-order chi connectivity index (χ0) is 14.8. The van der Waals surface area contributed by atoms with Gasteiger partial charge in [-0.25, -0.2) is 0 Å². The van der Waals surface area contributed by atoms with E-state index in [4.69, 9.17) is 4.74 Å². The van der Waals surface area contributed by atoms with E-state index in [0.717, 1.165) is 25.9 Å². The summed E-state index contributed by atoms with van der Waals surface area (Å²) in [5, 5.41) is 0. The van der Waals surface area contributed by atoms with Crippen molar-refractivity contribution in [2.24, 2.45) is 5.41 Å². The van der Waals surface area contributed by atoms with Gasteiger partial charge in [-0.1, -0.05) is 25.5 Å². The van der Waals surface area contributed by atoms with Crippen molar-refractivity contribution >= 4 is 5.91 Å². The van der Waals surface area contributed by atoms with Gasteiger partial charge in [0.05, 0.1) is 6.10 Å². The van der Waals surface area contributed by atoms with Gasteiger partial charge in [0.2, 0.25) is 5.91 Å². The lowest BCUT2D eigenvalue weighted by Crippen LogP contribution is -2.28. The van der Waals surface area contributed by atoms with Crippen molar-refractivity contribution in [2.75, 3.05) is 20.2 Å². The third-order valence-corrected chi connectivity index (χ3v) is 4.73. The summed E-state index contributed by atoms with van der Waals surface area (Å²) in [5.74, 6) is 0.117. The molecule has 1 heterocycles. The highest BCUT2D eigenvalue weighted by Crippen LogP contribution is 2.40. The molecule has 1 aliphatic carbocycles. The second kappa shape index (κ2) is 6.13. The molecule has 1 amide bonds. The molecule has 0 saturated carbocycles. The number of carbonyl (C=O) groups excluding carboxylic acids is 1. The molecule has 0 aromatic carbocycles. The van der Waals surface area contributed by atoms with Gasteiger partial charge in [-0.3, -0.25) is 4.79 Å². The molecule has 1 unspecified atom stereocenters. The van der Waals surface area contributed by atoms with Gasteiger partial charge in [0.1, 0.15) is 0 Å². The number of allylic oxidation sites excluding steroid dienone is 3. The van der Waals surface area contributed by atoms with Crippen molar-refractivity contribution in [3.8, 4) is 0 Å². The number of amides is 1. The monoisotopic (exact) mass is 277 g/mol. The smallest absolute Gasteiger partial charge is 0.246 e. The van der Waals surface area contributed by atoms with E-state index >= 15 is 0 Å². The standard InChI is InChI=1S/C17H27NO2/c1-13-6-5-10-17(2,3)15(13)7-8-16(19)18-11-9-14(12-18)20-4/h7-8,14H,5-6,9-12H2,1-4H3/b8-7+. The number of hydrogen-bond donors (Lipinski definition) is 0. The Hall–Kier alpha value is -1.09. The second-order valence-electron chi connectivity index (χ2n) is 6.70. The lowest BCUT2D eigenvalue weighted by atomic mass is 9.72. The Morgan fingerprint density at radius 2 is 2.20 bits per heavy atom. The molecule has 1 fully saturated rings. The van der Waals surface area contributed by atoms with Crippen LogP contribution in [0.15, 0.2) is 23.3 Å². The van der Waals surface area contributed by atoms with Gasteiger partial charge in [-0.15, -0.1) is 0 Å². The van der Waals surface area contributed by atoms with Crippen LogP contribution in [0, 0.1) is 5.41 Å². The maximum Gasteiger partial charge on any atom is 0.246 e. The largest absolute Gasteiger partial charge is 0.380 e. The molecular formula is C17H27NO2. The van der Waals surface area contributed by atoms with Gasteiger partial charge in [-0.05, 0) is 43.6 Å². The summed E-state index contributed by atoms with van der Waals surface area (Å²) in [7, 11) is 1.72. The summed E-state index contributed by atoms with van der Waals surface area (Å²) >= 11 is 0. The number of nitrogens with zero attached hydrogens (tertiary/aromatic N) is 1. The van der Waals surface area contributed by atoms with Crippen LogP contribution in [0.4, 0.5) is 0 Å². The Morgan fingerprint density at radius 1 is 1.45 bits per heavy atom. The maximum absolute atomic E-state index is 12.2. The summed E-state index contributed by atoms with van der Waals surface area (Å²) in [4.78, 5) is 14.1. The SMILES string of the molecule is COC1CCN(C(=O)/C=C/C2=C(C)CCCC2(C)C)C1. The third-order valence-electron chi connectivity index (χ3n) is 4.73. The zero-order valence-electron chi connectivity index (χ0n) is 13.2. The van der Waals surface area contributed by atoms with E-state index in [0.29, 0.717) is 0 Å². The van der Waals surface area contributed by atoms with E-state index < -0.39 is 0 Å². The molecule has 112 valence electrons. The number of methoxy groups -OCH3 is 1. The lowest BCUT2D eigenvalue weighted by molar-refractivity contribution is -0.125. The normalized spacial score (nSPS) is 26.6. The van der Waals surface area contributed by atoms with Crippen LogP contribution in [0.25, 0.3) is 0 Å². The Balaban J connectivity index is 2.03. The topological polar surface area (TPSA) is 29.5 Å². The first kappa shape index (κ1) is 15.3. The summed E-state index contributed by atoms with van der Waals surface area (Å²) in [6, 6.07) is 0. The first-order valence-corrected chi connectivity index (χ1v) is 7.64. The van der Waals surface area contributed by atoms with Gasteiger partial charge in [0.25, 0.3) is 0 Å². The van der Waals surface area contributed by atoms with E-state index in [2.05, 4.69) is 26.8 Å². The highest BCUT2D eigenvalue weighted by molar-refractivity contribution is 5.88. The maximum atomic E-state index is 12.2. The molecule has 1 atom stereocenters. The molecule has 2 aliphatic rings. The van der Waals surface area contributed by atoms with E-state index in [1.807, 2.05) is 4.90 Å². The highest BCUT2D eigenvalue weighted by atomic mass is 16.5. The van der Waals surface area contributed by atoms with Crippen molar-refractivity contribution in [3.05, 3.63) is 23.3 Å². The Labute approximate surface area is 122 Å². The Morgan fingerprint density at radius 3 is 2.80 bits per heavy atom. The van der Waals surface area contributed by atoms with Gasteiger partial charge in [0.15, 0.2) is 0 Å². The van der Waals surface area contributed by atoms with Gasteiger partial charge in [-0.2, -0.15) is 0 Å². The third kappa shape index (κ3) is 3.32. The summed E-state index contributed by atoms with van der Waals surface area (Å²) in [6.07, 6.45) is 8.58. The van der Waals surface area contributed by atoms with Crippen molar-refractivity contribution < 1.29 is 9.53 Å². The molecule has 0 N–H and O–H groups in total. The van der Waals surface area contributed by atoms with E-state index in [1.54, 1.807) is 13.2 Å². The Bertz CT molecular complexity index is 434. The lowest BCUT2D eigenvalue weighted by Gasteiger charge is -2.33. The van der Waals surface area contributed by atoms with Gasteiger partial charge in [0, 0.05) is 26.3 Å². The molecular weight excluding hydrogens is 250 g/mol. The first-order valence-electron chi connectivity index (χ1n) is 7.64. The summed E-state index contributed by atoms with van der Waals surface area (Å²) < 4.78 is 5.31. The summed E-state index contributed by atoms with van der Waals surface area (Å²) in [5.41, 5.74) is 2.97. The molecule has 0 aromatic rings. The predicted octanol–water partition coefficient (Wildman–Crippen LogP) is 3.32. The predicted molar refractivity (Wildman–Crippen MR) is 81.5 cm³/mol. The van der Waals surface area contributed by atoms with Crippen molar-refractivity contribution in [2.45, 2.75) is 52.6 Å². The van der Waals surface area contributed by atoms with E-state index in [9.17, 15) is 4.79 Å². The molecule has 20 heavy (non-hydrogen) atoms. The van der Waals surface area contributed by atoms with Gasteiger partial charge < -0.3 is 9.64 Å². The molecule has 0 aromatic heterocycles. The van der Waals surface area contributed by atoms with Gasteiger partial charge >= 0.3 is 0 Å². The average Bonchev–Trinajstić information content (AvgIpc) is 2.86. The molecule has 0 radical (unpaired) electrons. The molecule has 1 saturated heterocycles. The van der Waals surface area contributed by atoms with Crippen LogP contribution in [-0.4, -0.2) is 37.1 Å².